The van der Waals surface area contributed by atoms with Crippen molar-refractivity contribution in [2.75, 3.05) is 39.3 Å². The Bertz CT molecular complexity index is 443. The molecule has 0 bridgehead atoms. The first-order valence-electron chi connectivity index (χ1n) is 9.08. The van der Waals surface area contributed by atoms with Crippen LogP contribution in [-0.4, -0.2) is 63.4 Å². The third-order valence-corrected chi connectivity index (χ3v) is 4.26. The summed E-state index contributed by atoms with van der Waals surface area (Å²) < 4.78 is 70.5. The molecule has 172 valence electrons. The Morgan fingerprint density at radius 1 is 0.759 bits per heavy atom. The van der Waals surface area contributed by atoms with Crippen LogP contribution in [0.4, 0.5) is 26.3 Å². The number of hydrogen-bond donors (Lipinski definition) is 4. The van der Waals surface area contributed by atoms with Gasteiger partial charge < -0.3 is 21.3 Å². The molecular weight excluding hydrogens is 406 g/mol. The predicted molar refractivity (Wildman–Crippen MR) is 96.0 cm³/mol. The first-order valence-corrected chi connectivity index (χ1v) is 9.08. The Morgan fingerprint density at radius 3 is 1.34 bits per heavy atom. The van der Waals surface area contributed by atoms with Gasteiger partial charge in [-0.25, -0.2) is 0 Å². The Morgan fingerprint density at radius 2 is 1.10 bits per heavy atom. The fourth-order valence-corrected chi connectivity index (χ4v) is 2.81. The summed E-state index contributed by atoms with van der Waals surface area (Å²) in [5, 5.41) is 9.72. The van der Waals surface area contributed by atoms with Crippen molar-refractivity contribution in [1.29, 1.82) is 0 Å². The Labute approximate surface area is 166 Å². The average molecular weight is 436 g/mol. The van der Waals surface area contributed by atoms with E-state index in [4.69, 9.17) is 0 Å². The lowest BCUT2D eigenvalue weighted by Gasteiger charge is -2.22. The van der Waals surface area contributed by atoms with Crippen molar-refractivity contribution in [1.82, 2.24) is 21.3 Å². The number of amides is 2. The van der Waals surface area contributed by atoms with Gasteiger partial charge in [0.2, 0.25) is 11.8 Å². The molecule has 4 N–H and O–H groups in total. The quantitative estimate of drug-likeness (QED) is 0.508. The maximum Gasteiger partial charge on any atom is 0.405 e. The normalized spacial score (nSPS) is 22.4. The van der Waals surface area contributed by atoms with E-state index in [1.807, 2.05) is 10.6 Å². The van der Waals surface area contributed by atoms with E-state index in [1.54, 1.807) is 0 Å². The van der Waals surface area contributed by atoms with Crippen molar-refractivity contribution >= 4 is 11.8 Å². The molecule has 29 heavy (non-hydrogen) atoms. The highest BCUT2D eigenvalue weighted by atomic mass is 19.4. The van der Waals surface area contributed by atoms with Gasteiger partial charge in [0, 0.05) is 13.1 Å². The molecule has 2 amide bonds. The van der Waals surface area contributed by atoms with Crippen LogP contribution >= 0.6 is 0 Å². The van der Waals surface area contributed by atoms with E-state index >= 15 is 0 Å². The Kier molecular flexibility index (Phi) is 12.2. The topological polar surface area (TPSA) is 82.3 Å². The minimum Gasteiger partial charge on any atom is -0.347 e. The summed E-state index contributed by atoms with van der Waals surface area (Å²) in [5.41, 5.74) is 0. The van der Waals surface area contributed by atoms with Crippen molar-refractivity contribution < 1.29 is 35.9 Å². The second kappa shape index (κ2) is 12.9. The number of carbonyl (C=O) groups excluding carboxylic acids is 2. The van der Waals surface area contributed by atoms with Crippen molar-refractivity contribution in [3.05, 3.63) is 0 Å². The summed E-state index contributed by atoms with van der Waals surface area (Å²) in [6, 6.07) is 0. The number of alkyl halides is 6. The molecule has 0 unspecified atom stereocenters. The molecular formula is C17H30F6N4O2. The number of carbonyl (C=O) groups is 2. The van der Waals surface area contributed by atoms with Gasteiger partial charge >= 0.3 is 12.4 Å². The van der Waals surface area contributed by atoms with Gasteiger partial charge in [-0.15, -0.1) is 0 Å². The number of rotatable bonds is 4. The third-order valence-electron chi connectivity index (χ3n) is 4.26. The van der Waals surface area contributed by atoms with Crippen LogP contribution in [0.15, 0.2) is 0 Å². The van der Waals surface area contributed by atoms with Gasteiger partial charge in [0.05, 0.1) is 11.8 Å². The van der Waals surface area contributed by atoms with Crippen molar-refractivity contribution in [3.8, 4) is 0 Å². The fraction of sp³-hybridized carbons (Fsp3) is 0.882. The van der Waals surface area contributed by atoms with Crippen LogP contribution in [0.5, 0.6) is 0 Å². The summed E-state index contributed by atoms with van der Waals surface area (Å²) in [4.78, 5) is 22.4. The van der Waals surface area contributed by atoms with E-state index in [1.165, 1.54) is 0 Å². The van der Waals surface area contributed by atoms with Crippen LogP contribution in [0.3, 0.4) is 0 Å². The van der Waals surface area contributed by atoms with E-state index in [0.717, 1.165) is 25.9 Å². The lowest BCUT2D eigenvalue weighted by Crippen LogP contribution is -2.43. The van der Waals surface area contributed by atoms with Crippen LogP contribution < -0.4 is 21.3 Å². The molecule has 2 aliphatic heterocycles. The molecule has 0 aliphatic carbocycles. The Hall–Kier alpha value is -1.56. The summed E-state index contributed by atoms with van der Waals surface area (Å²) in [7, 11) is 0. The smallest absolute Gasteiger partial charge is 0.347 e. The second-order valence-corrected chi connectivity index (χ2v) is 6.75. The number of hydrogen-bond acceptors (Lipinski definition) is 4. The van der Waals surface area contributed by atoms with Crippen molar-refractivity contribution in [2.45, 2.75) is 45.5 Å². The maximum atomic E-state index is 11.8. The molecule has 2 saturated heterocycles. The summed E-state index contributed by atoms with van der Waals surface area (Å²) in [6.07, 6.45) is -5.64. The lowest BCUT2D eigenvalue weighted by atomic mass is 9.99. The largest absolute Gasteiger partial charge is 0.405 e. The number of piperidine rings is 2. The van der Waals surface area contributed by atoms with Gasteiger partial charge in [-0.2, -0.15) is 26.3 Å². The average Bonchev–Trinajstić information content (AvgIpc) is 2.65. The van der Waals surface area contributed by atoms with Crippen LogP contribution in [0.25, 0.3) is 0 Å². The molecule has 2 rings (SSSR count). The van der Waals surface area contributed by atoms with Gasteiger partial charge in [-0.3, -0.25) is 9.59 Å². The molecule has 2 heterocycles. The SMILES string of the molecule is C.O=C(NCC(F)(F)F)[C@H]1CCCNC1.O=C(NCC(F)(F)F)[C@H]1CCCNC1. The predicted octanol–water partition coefficient (Wildman–Crippen LogP) is 1.97. The first-order chi connectivity index (χ1) is 13.0. The lowest BCUT2D eigenvalue weighted by molar-refractivity contribution is -0.141. The van der Waals surface area contributed by atoms with Gasteiger partial charge in [0.15, 0.2) is 0 Å². The zero-order valence-electron chi connectivity index (χ0n) is 15.3. The zero-order valence-corrected chi connectivity index (χ0v) is 15.3. The molecule has 2 fully saturated rings. The van der Waals surface area contributed by atoms with Gasteiger partial charge in [0.25, 0.3) is 0 Å². The Balaban J connectivity index is 0.000000523. The maximum absolute atomic E-state index is 11.8. The van der Waals surface area contributed by atoms with Crippen LogP contribution in [0, 0.1) is 11.8 Å². The molecule has 0 aromatic rings. The van der Waals surface area contributed by atoms with E-state index < -0.39 is 37.3 Å². The molecule has 2 aliphatic rings. The van der Waals surface area contributed by atoms with Gasteiger partial charge in [-0.05, 0) is 38.8 Å². The van der Waals surface area contributed by atoms with Gasteiger partial charge in [0.1, 0.15) is 13.1 Å². The van der Waals surface area contributed by atoms with Crippen molar-refractivity contribution in [2.24, 2.45) is 11.8 Å². The zero-order chi connectivity index (χ0) is 21.2. The third kappa shape index (κ3) is 13.3. The van der Waals surface area contributed by atoms with Crippen molar-refractivity contribution in [3.63, 3.8) is 0 Å². The molecule has 0 spiro atoms. The number of nitrogens with one attached hydrogen (secondary N) is 4. The minimum absolute atomic E-state index is 0. The van der Waals surface area contributed by atoms with E-state index in [9.17, 15) is 35.9 Å². The van der Waals surface area contributed by atoms with E-state index in [0.29, 0.717) is 25.9 Å². The first kappa shape index (κ1) is 27.4. The van der Waals surface area contributed by atoms with E-state index in [-0.39, 0.29) is 19.3 Å². The highest BCUT2D eigenvalue weighted by Gasteiger charge is 2.30. The van der Waals surface area contributed by atoms with Gasteiger partial charge in [-0.1, -0.05) is 7.43 Å². The molecule has 0 aromatic carbocycles. The summed E-state index contributed by atoms with van der Waals surface area (Å²) in [5.74, 6) is -1.64. The molecule has 0 saturated carbocycles. The highest BCUT2D eigenvalue weighted by molar-refractivity contribution is 5.79. The second-order valence-electron chi connectivity index (χ2n) is 6.75. The van der Waals surface area contributed by atoms with Crippen LogP contribution in [0.1, 0.15) is 33.1 Å². The molecule has 0 radical (unpaired) electrons. The van der Waals surface area contributed by atoms with Crippen LogP contribution in [0.2, 0.25) is 0 Å². The summed E-state index contributed by atoms with van der Waals surface area (Å²) >= 11 is 0. The fourth-order valence-electron chi connectivity index (χ4n) is 2.81. The standard InChI is InChI=1S/2C8H13F3N2O.CH4/c2*9-8(10,11)5-13-7(14)6-2-1-3-12-4-6;/h2*6,12H,1-5H2,(H,13,14);1H4/t2*6-;/m00./s1. The van der Waals surface area contributed by atoms with Crippen LogP contribution in [-0.2, 0) is 9.59 Å². The molecule has 2 atom stereocenters. The monoisotopic (exact) mass is 436 g/mol. The molecule has 0 aromatic heterocycles. The minimum atomic E-state index is -4.32. The van der Waals surface area contributed by atoms with E-state index in [2.05, 4.69) is 10.6 Å². The number of halogens is 6. The summed E-state index contributed by atoms with van der Waals surface area (Å²) in [6.45, 7) is 0.157. The molecule has 12 heteroatoms. The molecule has 6 nitrogen and oxygen atoms in total. The highest BCUT2D eigenvalue weighted by Crippen LogP contribution is 2.15.